The molecule has 1 aliphatic heterocycles. The second kappa shape index (κ2) is 7.31. The molecule has 2 fully saturated rings. The number of carbonyl (C=O) groups excluding carboxylic acids is 2. The lowest BCUT2D eigenvalue weighted by molar-refractivity contribution is -0.297. The Hall–Kier alpha value is -1.40. The van der Waals surface area contributed by atoms with E-state index in [9.17, 15) is 9.59 Å². The molecular weight excluding hydrogens is 336 g/mol. The number of carbonyl (C=O) groups is 2. The van der Waals surface area contributed by atoms with Gasteiger partial charge in [-0.2, -0.15) is 0 Å². The molecule has 0 bridgehead atoms. The minimum atomic E-state index is -0.715. The topological polar surface area (TPSA) is 71.1 Å². The van der Waals surface area contributed by atoms with E-state index in [-0.39, 0.29) is 41.0 Å². The summed E-state index contributed by atoms with van der Waals surface area (Å²) in [5.41, 5.74) is -0.0299. The van der Waals surface area contributed by atoms with Crippen LogP contribution in [0.5, 0.6) is 0 Å². The Balaban J connectivity index is 1.91. The van der Waals surface area contributed by atoms with Crippen molar-refractivity contribution < 1.29 is 28.5 Å². The van der Waals surface area contributed by atoms with E-state index in [0.29, 0.717) is 38.9 Å². The zero-order valence-corrected chi connectivity index (χ0v) is 16.2. The first-order valence-electron chi connectivity index (χ1n) is 9.39. The summed E-state index contributed by atoms with van der Waals surface area (Å²) in [6.07, 6.45) is 6.39. The van der Waals surface area contributed by atoms with Gasteiger partial charge in [-0.25, -0.2) is 0 Å². The van der Waals surface area contributed by atoms with Gasteiger partial charge in [0, 0.05) is 18.3 Å². The van der Waals surface area contributed by atoms with Crippen molar-refractivity contribution in [3.8, 4) is 0 Å². The molecule has 4 atom stereocenters. The van der Waals surface area contributed by atoms with Crippen molar-refractivity contribution in [2.24, 2.45) is 29.1 Å². The monoisotopic (exact) mass is 366 g/mol. The van der Waals surface area contributed by atoms with Gasteiger partial charge in [-0.15, -0.1) is 0 Å². The number of fused-ring (bicyclic) bond motifs is 1. The van der Waals surface area contributed by atoms with E-state index in [1.807, 2.05) is 12.2 Å². The molecule has 1 heterocycles. The maximum atomic E-state index is 12.4. The Bertz CT molecular complexity index is 533. The molecule has 0 unspecified atom stereocenters. The Morgan fingerprint density at radius 3 is 1.69 bits per heavy atom. The zero-order chi connectivity index (χ0) is 18.9. The van der Waals surface area contributed by atoms with Crippen molar-refractivity contribution in [2.75, 3.05) is 27.4 Å². The fourth-order valence-electron chi connectivity index (χ4n) is 4.64. The molecule has 1 spiro atoms. The third-order valence-corrected chi connectivity index (χ3v) is 6.08. The number of esters is 2. The fraction of sp³-hybridized carbons (Fsp3) is 0.800. The Labute approximate surface area is 155 Å². The lowest BCUT2D eigenvalue weighted by Crippen LogP contribution is -2.46. The molecule has 3 rings (SSSR count). The van der Waals surface area contributed by atoms with E-state index in [1.54, 1.807) is 0 Å². The molecule has 146 valence electrons. The first-order valence-corrected chi connectivity index (χ1v) is 9.39. The molecular formula is C20H30O6. The molecule has 6 heteroatoms. The van der Waals surface area contributed by atoms with Gasteiger partial charge in [0.05, 0.1) is 39.3 Å². The second-order valence-electron chi connectivity index (χ2n) is 8.59. The molecule has 0 radical (unpaired) electrons. The van der Waals surface area contributed by atoms with Gasteiger partial charge in [0.15, 0.2) is 5.79 Å². The van der Waals surface area contributed by atoms with Crippen molar-refractivity contribution in [1.29, 1.82) is 0 Å². The number of ether oxygens (including phenoxy) is 4. The van der Waals surface area contributed by atoms with Crippen LogP contribution in [0, 0.1) is 29.1 Å². The van der Waals surface area contributed by atoms with Gasteiger partial charge in [0.2, 0.25) is 0 Å². The summed E-state index contributed by atoms with van der Waals surface area (Å²) in [6, 6.07) is 0. The van der Waals surface area contributed by atoms with Gasteiger partial charge in [-0.1, -0.05) is 26.0 Å². The van der Waals surface area contributed by atoms with E-state index in [4.69, 9.17) is 18.9 Å². The summed E-state index contributed by atoms with van der Waals surface area (Å²) in [7, 11) is 2.83. The fourth-order valence-corrected chi connectivity index (χ4v) is 4.64. The molecule has 1 saturated heterocycles. The zero-order valence-electron chi connectivity index (χ0n) is 16.2. The lowest BCUT2D eigenvalue weighted by Gasteiger charge is -2.42. The SMILES string of the molecule is COC(=O)[C@@H]1C/C=C\C[C@@H](C(=O)OC)[C@H]2CC3(C[C@H]21)OCC(C)(C)CO3. The minimum Gasteiger partial charge on any atom is -0.469 e. The molecule has 2 aliphatic carbocycles. The third kappa shape index (κ3) is 3.67. The maximum absolute atomic E-state index is 12.4. The second-order valence-corrected chi connectivity index (χ2v) is 8.59. The van der Waals surface area contributed by atoms with Crippen LogP contribution in [0.2, 0.25) is 0 Å². The highest BCUT2D eigenvalue weighted by atomic mass is 16.7. The van der Waals surface area contributed by atoms with Crippen LogP contribution < -0.4 is 0 Å². The molecule has 0 amide bonds. The van der Waals surface area contributed by atoms with Gasteiger partial charge in [-0.3, -0.25) is 9.59 Å². The van der Waals surface area contributed by atoms with Crippen LogP contribution >= 0.6 is 0 Å². The highest BCUT2D eigenvalue weighted by molar-refractivity contribution is 5.75. The largest absolute Gasteiger partial charge is 0.469 e. The van der Waals surface area contributed by atoms with Crippen molar-refractivity contribution in [3.05, 3.63) is 12.2 Å². The summed E-state index contributed by atoms with van der Waals surface area (Å²) >= 11 is 0. The maximum Gasteiger partial charge on any atom is 0.309 e. The highest BCUT2D eigenvalue weighted by Gasteiger charge is 2.56. The van der Waals surface area contributed by atoms with E-state index < -0.39 is 5.79 Å². The summed E-state index contributed by atoms with van der Waals surface area (Å²) < 4.78 is 22.5. The molecule has 26 heavy (non-hydrogen) atoms. The number of hydrogen-bond acceptors (Lipinski definition) is 6. The van der Waals surface area contributed by atoms with Crippen LogP contribution in [-0.4, -0.2) is 45.2 Å². The van der Waals surface area contributed by atoms with Crippen molar-refractivity contribution in [1.82, 2.24) is 0 Å². The van der Waals surface area contributed by atoms with E-state index >= 15 is 0 Å². The van der Waals surface area contributed by atoms with Crippen LogP contribution in [-0.2, 0) is 28.5 Å². The van der Waals surface area contributed by atoms with Crippen LogP contribution in [0.25, 0.3) is 0 Å². The van der Waals surface area contributed by atoms with Crippen LogP contribution in [0.15, 0.2) is 12.2 Å². The average Bonchev–Trinajstić information content (AvgIpc) is 2.96. The number of allylic oxidation sites excluding steroid dienone is 2. The van der Waals surface area contributed by atoms with Crippen LogP contribution in [0.4, 0.5) is 0 Å². The van der Waals surface area contributed by atoms with Gasteiger partial charge in [-0.05, 0) is 24.7 Å². The smallest absolute Gasteiger partial charge is 0.309 e. The van der Waals surface area contributed by atoms with Gasteiger partial charge >= 0.3 is 11.9 Å². The van der Waals surface area contributed by atoms with Gasteiger partial charge < -0.3 is 18.9 Å². The number of rotatable bonds is 2. The lowest BCUT2D eigenvalue weighted by atomic mass is 9.73. The molecule has 3 aliphatic rings. The van der Waals surface area contributed by atoms with Gasteiger partial charge in [0.25, 0.3) is 0 Å². The first-order chi connectivity index (χ1) is 12.3. The van der Waals surface area contributed by atoms with Crippen molar-refractivity contribution in [3.63, 3.8) is 0 Å². The molecule has 0 aromatic carbocycles. The standard InChI is InChI=1S/C20H30O6/c1-19(2)11-25-20(26-12-19)9-15-13(17(21)23-3)7-5-6-8-14(16(15)10-20)18(22)24-4/h5-6,13-16H,7-12H2,1-4H3/b6-5-/t13-,14-,15-,16+/m1/s1. The Kier molecular flexibility index (Phi) is 5.45. The van der Waals surface area contributed by atoms with E-state index in [1.165, 1.54) is 14.2 Å². The number of methoxy groups -OCH3 is 2. The molecule has 0 aromatic rings. The predicted octanol–water partition coefficient (Wildman–Crippen LogP) is 2.71. The first kappa shape index (κ1) is 19.4. The highest BCUT2D eigenvalue weighted by Crippen LogP contribution is 2.53. The summed E-state index contributed by atoms with van der Waals surface area (Å²) in [4.78, 5) is 24.9. The van der Waals surface area contributed by atoms with Crippen LogP contribution in [0.3, 0.4) is 0 Å². The van der Waals surface area contributed by atoms with Gasteiger partial charge in [0.1, 0.15) is 0 Å². The molecule has 6 nitrogen and oxygen atoms in total. The van der Waals surface area contributed by atoms with E-state index in [2.05, 4.69) is 13.8 Å². The molecule has 0 N–H and O–H groups in total. The third-order valence-electron chi connectivity index (χ3n) is 6.08. The molecule has 1 saturated carbocycles. The number of hydrogen-bond donors (Lipinski definition) is 0. The van der Waals surface area contributed by atoms with E-state index in [0.717, 1.165) is 0 Å². The summed E-state index contributed by atoms with van der Waals surface area (Å²) in [6.45, 7) is 5.43. The van der Waals surface area contributed by atoms with Crippen LogP contribution in [0.1, 0.15) is 39.5 Å². The van der Waals surface area contributed by atoms with Crippen molar-refractivity contribution in [2.45, 2.75) is 45.3 Å². The molecule has 0 aromatic heterocycles. The van der Waals surface area contributed by atoms with Crippen molar-refractivity contribution >= 4 is 11.9 Å². The predicted molar refractivity (Wildman–Crippen MR) is 94.0 cm³/mol. The average molecular weight is 366 g/mol. The quantitative estimate of drug-likeness (QED) is 0.553. The Morgan fingerprint density at radius 1 is 0.885 bits per heavy atom. The summed E-state index contributed by atoms with van der Waals surface area (Å²) in [5.74, 6) is -1.83. The normalized spacial score (nSPS) is 36.5. The Morgan fingerprint density at radius 2 is 1.31 bits per heavy atom. The minimum absolute atomic E-state index is 0.0299. The summed E-state index contributed by atoms with van der Waals surface area (Å²) in [5, 5.41) is 0.